The van der Waals surface area contributed by atoms with Crippen LogP contribution in [0.3, 0.4) is 0 Å². The zero-order chi connectivity index (χ0) is 26.3. The molecule has 3 aliphatic rings. The largest absolute Gasteiger partial charge is 0.495 e. The van der Waals surface area contributed by atoms with Crippen LogP contribution in [0, 0.1) is 5.92 Å². The molecule has 0 spiro atoms. The number of carbonyl (C=O) groups is 2. The van der Waals surface area contributed by atoms with E-state index in [4.69, 9.17) is 25.8 Å². The Bertz CT molecular complexity index is 1100. The summed E-state index contributed by atoms with van der Waals surface area (Å²) in [6.07, 6.45) is 6.20. The lowest BCUT2D eigenvalue weighted by molar-refractivity contribution is -0.118. The molecular formula is C27H35ClN2O6. The van der Waals surface area contributed by atoms with Crippen LogP contribution in [0.15, 0.2) is 35.9 Å². The number of allylic oxidation sites excluding steroid dienone is 3. The van der Waals surface area contributed by atoms with E-state index in [1.54, 1.807) is 19.1 Å². The third-order valence-corrected chi connectivity index (χ3v) is 7.84. The van der Waals surface area contributed by atoms with Gasteiger partial charge in [0.2, 0.25) is 5.91 Å². The van der Waals surface area contributed by atoms with Crippen LogP contribution in [-0.4, -0.2) is 54.8 Å². The number of anilines is 1. The lowest BCUT2D eigenvalue weighted by atomic mass is 9.85. The lowest BCUT2D eigenvalue weighted by Crippen LogP contribution is -2.57. The molecular weight excluding hydrogens is 484 g/mol. The van der Waals surface area contributed by atoms with Crippen molar-refractivity contribution < 1.29 is 28.9 Å². The second-order valence-electron chi connectivity index (χ2n) is 10.4. The van der Waals surface area contributed by atoms with Crippen LogP contribution >= 0.6 is 11.6 Å². The Morgan fingerprint density at radius 3 is 2.78 bits per heavy atom. The van der Waals surface area contributed by atoms with Gasteiger partial charge < -0.3 is 24.2 Å². The van der Waals surface area contributed by atoms with Crippen molar-refractivity contribution in [3.8, 4) is 5.75 Å². The zero-order valence-electron chi connectivity index (χ0n) is 21.5. The first kappa shape index (κ1) is 26.5. The molecule has 2 amide bonds. The molecule has 1 aromatic carbocycles. The molecule has 2 N–H and O–H groups in total. The van der Waals surface area contributed by atoms with Crippen LogP contribution in [0.2, 0.25) is 5.02 Å². The van der Waals surface area contributed by atoms with Gasteiger partial charge in [-0.15, -0.1) is 0 Å². The number of nitrogens with zero attached hydrogens (tertiary/aromatic N) is 1. The monoisotopic (exact) mass is 518 g/mol. The number of benzene rings is 1. The fourth-order valence-corrected chi connectivity index (χ4v) is 5.51. The van der Waals surface area contributed by atoms with E-state index in [1.165, 1.54) is 0 Å². The summed E-state index contributed by atoms with van der Waals surface area (Å²) in [6.45, 7) is 5.92. The lowest BCUT2D eigenvalue weighted by Gasteiger charge is -2.38. The number of fused-ring (bicyclic) bond motifs is 5. The highest BCUT2D eigenvalue weighted by molar-refractivity contribution is 6.35. The second-order valence-corrected chi connectivity index (χ2v) is 10.8. The number of ether oxygens (including phenoxy) is 3. The number of hydrogen-bond acceptors (Lipinski definition) is 6. The molecule has 196 valence electrons. The Hall–Kier alpha value is -2.55. The van der Waals surface area contributed by atoms with E-state index in [0.29, 0.717) is 29.3 Å². The summed E-state index contributed by atoms with van der Waals surface area (Å²) >= 11 is 6.59. The van der Waals surface area contributed by atoms with E-state index >= 15 is 0 Å². The minimum absolute atomic E-state index is 0.0879. The van der Waals surface area contributed by atoms with Gasteiger partial charge in [-0.1, -0.05) is 42.3 Å². The average Bonchev–Trinajstić information content (AvgIpc) is 3.50. The van der Waals surface area contributed by atoms with Crippen LogP contribution in [-0.2, 0) is 20.7 Å². The number of halogens is 1. The Balaban J connectivity index is 1.66. The van der Waals surface area contributed by atoms with Gasteiger partial charge in [0.15, 0.2) is 0 Å². The molecule has 0 saturated carbocycles. The second kappa shape index (κ2) is 10.1. The predicted octanol–water partition coefficient (Wildman–Crippen LogP) is 4.52. The van der Waals surface area contributed by atoms with Crippen LogP contribution in [0.25, 0.3) is 0 Å². The first-order valence-electron chi connectivity index (χ1n) is 12.3. The summed E-state index contributed by atoms with van der Waals surface area (Å²) in [6, 6.07) is 3.79. The number of methoxy groups -OCH3 is 1. The van der Waals surface area contributed by atoms with Crippen molar-refractivity contribution in [3.05, 3.63) is 46.5 Å². The van der Waals surface area contributed by atoms with Gasteiger partial charge in [0, 0.05) is 32.2 Å². The van der Waals surface area contributed by atoms with Crippen molar-refractivity contribution >= 4 is 29.3 Å². The summed E-state index contributed by atoms with van der Waals surface area (Å²) in [4.78, 5) is 27.0. The van der Waals surface area contributed by atoms with E-state index in [9.17, 15) is 14.7 Å². The molecule has 8 nitrogen and oxygen atoms in total. The summed E-state index contributed by atoms with van der Waals surface area (Å²) in [5.41, 5.74) is 0.692. The molecule has 0 radical (unpaired) electrons. The number of hydrogen-bond donors (Lipinski definition) is 2. The highest BCUT2D eigenvalue weighted by Gasteiger charge is 2.58. The first-order valence-corrected chi connectivity index (χ1v) is 12.7. The standard InChI is InChI=1S/C27H35ClN2O6/c1-16-8-6-7-10-27(33)15-21(35-25(32)29-27)17(2)24-26(3,36-24)11-9-22(31)30(4)19-13-18(12-16)14-20(34-5)23(19)28/h6-8,13-14,17,21,24,33H,9-12,15H2,1-5H3,(H,29,32)/b7-6+,16-8+/t17-,21+,24+,26+,27-/m1/s1. The van der Waals surface area contributed by atoms with E-state index in [-0.39, 0.29) is 37.2 Å². The number of aliphatic hydroxyl groups is 1. The van der Waals surface area contributed by atoms with Gasteiger partial charge >= 0.3 is 6.09 Å². The van der Waals surface area contributed by atoms with Crippen molar-refractivity contribution in [3.63, 3.8) is 0 Å². The van der Waals surface area contributed by atoms with Crippen LogP contribution in [0.4, 0.5) is 10.5 Å². The number of carbonyl (C=O) groups excluding carboxylic acids is 2. The van der Waals surface area contributed by atoms with Crippen LogP contribution < -0.4 is 15.0 Å². The fourth-order valence-electron chi connectivity index (χ4n) is 5.19. The van der Waals surface area contributed by atoms with Crippen LogP contribution in [0.5, 0.6) is 5.75 Å². The third kappa shape index (κ3) is 5.56. The van der Waals surface area contributed by atoms with Crippen molar-refractivity contribution in [2.24, 2.45) is 5.92 Å². The van der Waals surface area contributed by atoms with Crippen LogP contribution in [0.1, 0.15) is 52.0 Å². The maximum atomic E-state index is 13.2. The van der Waals surface area contributed by atoms with Gasteiger partial charge in [-0.2, -0.15) is 0 Å². The molecule has 3 aliphatic heterocycles. The van der Waals surface area contributed by atoms with Gasteiger partial charge in [-0.05, 0) is 44.4 Å². The molecule has 1 aromatic rings. The maximum Gasteiger partial charge on any atom is 0.409 e. The molecule has 4 bridgehead atoms. The molecule has 3 heterocycles. The Morgan fingerprint density at radius 2 is 2.06 bits per heavy atom. The summed E-state index contributed by atoms with van der Waals surface area (Å²) in [5.74, 6) is 0.272. The Kier molecular flexibility index (Phi) is 7.42. The number of epoxide rings is 1. The first-order chi connectivity index (χ1) is 16.9. The SMILES string of the molecule is COc1cc2cc(c1Cl)N(C)C(=O)CC[C@]1(C)O[C@H]1[C@H](C)[C@@H]1C[C@](O)(C/C=C/C=C(\C)C2)NC(=O)O1. The third-order valence-electron chi connectivity index (χ3n) is 7.46. The summed E-state index contributed by atoms with van der Waals surface area (Å²) < 4.78 is 17.0. The Morgan fingerprint density at radius 1 is 1.31 bits per heavy atom. The molecule has 0 aliphatic carbocycles. The van der Waals surface area contributed by atoms with E-state index in [1.807, 2.05) is 51.1 Å². The van der Waals surface area contributed by atoms with Gasteiger partial charge in [-0.25, -0.2) is 4.79 Å². The van der Waals surface area contributed by atoms with Gasteiger partial charge in [0.25, 0.3) is 0 Å². The molecule has 0 aromatic heterocycles. The van der Waals surface area contributed by atoms with Crippen molar-refractivity contribution in [1.82, 2.24) is 5.32 Å². The van der Waals surface area contributed by atoms with E-state index < -0.39 is 23.5 Å². The molecule has 4 rings (SSSR count). The normalized spacial score (nSPS) is 35.6. The fraction of sp³-hybridized carbons (Fsp3) is 0.556. The Labute approximate surface area is 217 Å². The highest BCUT2D eigenvalue weighted by atomic mass is 35.5. The number of alkyl carbamates (subject to hydrolysis) is 1. The quantitative estimate of drug-likeness (QED) is 0.530. The van der Waals surface area contributed by atoms with Gasteiger partial charge in [0.1, 0.15) is 22.6 Å². The average molecular weight is 519 g/mol. The molecule has 2 saturated heterocycles. The minimum Gasteiger partial charge on any atom is -0.495 e. The van der Waals surface area contributed by atoms with E-state index in [2.05, 4.69) is 5.32 Å². The highest BCUT2D eigenvalue weighted by Crippen LogP contribution is 2.47. The zero-order valence-corrected chi connectivity index (χ0v) is 22.2. The predicted molar refractivity (Wildman–Crippen MR) is 137 cm³/mol. The van der Waals surface area contributed by atoms with Gasteiger partial charge in [-0.3, -0.25) is 10.1 Å². The van der Waals surface area contributed by atoms with Crippen molar-refractivity contribution in [1.29, 1.82) is 0 Å². The topological polar surface area (TPSA) is 101 Å². The van der Waals surface area contributed by atoms with E-state index in [0.717, 1.165) is 11.1 Å². The summed E-state index contributed by atoms with van der Waals surface area (Å²) in [7, 11) is 3.27. The minimum atomic E-state index is -1.40. The molecule has 2 fully saturated rings. The number of amides is 2. The summed E-state index contributed by atoms with van der Waals surface area (Å²) in [5, 5.41) is 14.0. The molecule has 0 unspecified atom stereocenters. The van der Waals surface area contributed by atoms with Crippen molar-refractivity contribution in [2.75, 3.05) is 19.1 Å². The number of rotatable bonds is 1. The smallest absolute Gasteiger partial charge is 0.409 e. The maximum absolute atomic E-state index is 13.2. The van der Waals surface area contributed by atoms with Gasteiger partial charge in [0.05, 0.1) is 24.5 Å². The molecule has 5 atom stereocenters. The van der Waals surface area contributed by atoms with Crippen molar-refractivity contribution in [2.45, 2.75) is 76.4 Å². The molecule has 9 heteroatoms. The molecule has 36 heavy (non-hydrogen) atoms. The number of nitrogens with one attached hydrogen (secondary N) is 1.